The fourth-order valence-corrected chi connectivity index (χ4v) is 3.25. The third-order valence-corrected chi connectivity index (χ3v) is 4.01. The summed E-state index contributed by atoms with van der Waals surface area (Å²) in [6, 6.07) is 6.77. The molecule has 0 spiro atoms. The lowest BCUT2D eigenvalue weighted by Gasteiger charge is -2.38. The number of morpholine rings is 1. The molecule has 2 atom stereocenters. The van der Waals surface area contributed by atoms with E-state index in [-0.39, 0.29) is 5.54 Å². The van der Waals surface area contributed by atoms with Gasteiger partial charge in [-0.2, -0.15) is 0 Å². The Labute approximate surface area is 121 Å². The summed E-state index contributed by atoms with van der Waals surface area (Å²) in [6.07, 6.45) is 4.10. The summed E-state index contributed by atoms with van der Waals surface area (Å²) in [7, 11) is 0. The zero-order valence-electron chi connectivity index (χ0n) is 12.7. The van der Waals surface area contributed by atoms with Crippen LogP contribution in [0.1, 0.15) is 40.0 Å². The van der Waals surface area contributed by atoms with Gasteiger partial charge in [0, 0.05) is 12.1 Å². The molecule has 0 bridgehead atoms. The highest BCUT2D eigenvalue weighted by atomic mass is 16.5. The average molecular weight is 275 g/mol. The van der Waals surface area contributed by atoms with Crippen molar-refractivity contribution in [2.75, 3.05) is 23.4 Å². The summed E-state index contributed by atoms with van der Waals surface area (Å²) >= 11 is 0. The zero-order chi connectivity index (χ0) is 14.2. The lowest BCUT2D eigenvalue weighted by atomic mass is 10.1. The van der Waals surface area contributed by atoms with Crippen LogP contribution in [-0.2, 0) is 4.74 Å². The SMILES string of the molecule is CC(C)(C)Nc1cccc(N2CCOC3CCCC32)n1. The molecular weight excluding hydrogens is 250 g/mol. The Morgan fingerprint density at radius 3 is 2.95 bits per heavy atom. The maximum atomic E-state index is 5.88. The number of ether oxygens (including phenoxy) is 1. The molecule has 0 amide bonds. The van der Waals surface area contributed by atoms with Crippen LogP contribution in [0.15, 0.2) is 18.2 Å². The van der Waals surface area contributed by atoms with Gasteiger partial charge >= 0.3 is 0 Å². The number of anilines is 2. The van der Waals surface area contributed by atoms with E-state index in [0.717, 1.165) is 24.8 Å². The fourth-order valence-electron chi connectivity index (χ4n) is 3.25. The molecule has 2 fully saturated rings. The Hall–Kier alpha value is -1.29. The van der Waals surface area contributed by atoms with Gasteiger partial charge in [-0.15, -0.1) is 0 Å². The van der Waals surface area contributed by atoms with Gasteiger partial charge in [0.2, 0.25) is 0 Å². The van der Waals surface area contributed by atoms with Gasteiger partial charge in [0.05, 0.1) is 18.8 Å². The number of aromatic nitrogens is 1. The Bertz CT molecular complexity index is 469. The van der Waals surface area contributed by atoms with Crippen molar-refractivity contribution in [2.45, 2.75) is 57.7 Å². The minimum absolute atomic E-state index is 0.0343. The third kappa shape index (κ3) is 2.90. The molecule has 4 heteroatoms. The predicted molar refractivity (Wildman–Crippen MR) is 82.3 cm³/mol. The van der Waals surface area contributed by atoms with E-state index in [4.69, 9.17) is 9.72 Å². The minimum Gasteiger partial charge on any atom is -0.374 e. The second kappa shape index (κ2) is 5.24. The fraction of sp³-hybridized carbons (Fsp3) is 0.688. The van der Waals surface area contributed by atoms with E-state index in [9.17, 15) is 0 Å². The zero-order valence-corrected chi connectivity index (χ0v) is 12.7. The highest BCUT2D eigenvalue weighted by Crippen LogP contribution is 2.32. The molecule has 2 heterocycles. The highest BCUT2D eigenvalue weighted by Gasteiger charge is 2.36. The van der Waals surface area contributed by atoms with Crippen LogP contribution in [0.4, 0.5) is 11.6 Å². The number of hydrogen-bond acceptors (Lipinski definition) is 4. The second-order valence-corrected chi connectivity index (χ2v) is 6.86. The van der Waals surface area contributed by atoms with Crippen LogP contribution in [0.3, 0.4) is 0 Å². The van der Waals surface area contributed by atoms with E-state index in [1.165, 1.54) is 19.3 Å². The molecule has 110 valence electrons. The van der Waals surface area contributed by atoms with Crippen molar-refractivity contribution in [3.63, 3.8) is 0 Å². The summed E-state index contributed by atoms with van der Waals surface area (Å²) in [6.45, 7) is 8.24. The van der Waals surface area contributed by atoms with Gasteiger partial charge in [-0.3, -0.25) is 0 Å². The maximum absolute atomic E-state index is 5.88. The molecule has 20 heavy (non-hydrogen) atoms. The number of rotatable bonds is 2. The lowest BCUT2D eigenvalue weighted by Crippen LogP contribution is -2.49. The minimum atomic E-state index is 0.0343. The molecule has 2 aliphatic rings. The number of pyridine rings is 1. The number of nitrogens with one attached hydrogen (secondary N) is 1. The molecular formula is C16H25N3O. The average Bonchev–Trinajstić information content (AvgIpc) is 2.85. The molecule has 2 unspecified atom stereocenters. The van der Waals surface area contributed by atoms with E-state index >= 15 is 0 Å². The van der Waals surface area contributed by atoms with E-state index in [2.05, 4.69) is 43.1 Å². The maximum Gasteiger partial charge on any atom is 0.131 e. The molecule has 4 nitrogen and oxygen atoms in total. The molecule has 0 radical (unpaired) electrons. The van der Waals surface area contributed by atoms with Gasteiger partial charge < -0.3 is 15.0 Å². The Balaban J connectivity index is 1.81. The molecule has 1 aliphatic carbocycles. The number of fused-ring (bicyclic) bond motifs is 1. The van der Waals surface area contributed by atoms with Crippen molar-refractivity contribution in [3.8, 4) is 0 Å². The monoisotopic (exact) mass is 275 g/mol. The van der Waals surface area contributed by atoms with Gasteiger partial charge in [-0.1, -0.05) is 6.07 Å². The smallest absolute Gasteiger partial charge is 0.131 e. The van der Waals surface area contributed by atoms with Gasteiger partial charge in [-0.25, -0.2) is 4.98 Å². The molecule has 1 saturated carbocycles. The second-order valence-electron chi connectivity index (χ2n) is 6.86. The summed E-state index contributed by atoms with van der Waals surface area (Å²) in [5.41, 5.74) is 0.0343. The summed E-state index contributed by atoms with van der Waals surface area (Å²) in [5.74, 6) is 2.04. The first-order valence-corrected chi connectivity index (χ1v) is 7.66. The first kappa shape index (κ1) is 13.7. The first-order chi connectivity index (χ1) is 9.53. The van der Waals surface area contributed by atoms with E-state index in [1.54, 1.807) is 0 Å². The van der Waals surface area contributed by atoms with E-state index in [1.807, 2.05) is 6.07 Å². The largest absolute Gasteiger partial charge is 0.374 e. The van der Waals surface area contributed by atoms with Crippen molar-refractivity contribution in [2.24, 2.45) is 0 Å². The van der Waals surface area contributed by atoms with Gasteiger partial charge in [0.1, 0.15) is 11.6 Å². The van der Waals surface area contributed by atoms with E-state index < -0.39 is 0 Å². The van der Waals surface area contributed by atoms with Crippen LogP contribution >= 0.6 is 0 Å². The van der Waals surface area contributed by atoms with Crippen molar-refractivity contribution in [1.82, 2.24) is 4.98 Å². The van der Waals surface area contributed by atoms with Gasteiger partial charge in [-0.05, 0) is 52.2 Å². The van der Waals surface area contributed by atoms with Crippen molar-refractivity contribution < 1.29 is 4.74 Å². The molecule has 0 aromatic carbocycles. The quantitative estimate of drug-likeness (QED) is 0.900. The van der Waals surface area contributed by atoms with E-state index in [0.29, 0.717) is 12.1 Å². The highest BCUT2D eigenvalue weighted by molar-refractivity contribution is 5.49. The molecule has 1 aromatic heterocycles. The molecule has 3 rings (SSSR count). The molecule has 1 saturated heterocycles. The Morgan fingerprint density at radius 2 is 2.15 bits per heavy atom. The van der Waals surface area contributed by atoms with Crippen LogP contribution in [-0.4, -0.2) is 35.8 Å². The first-order valence-electron chi connectivity index (χ1n) is 7.66. The van der Waals surface area contributed by atoms with Crippen molar-refractivity contribution in [3.05, 3.63) is 18.2 Å². The Kier molecular flexibility index (Phi) is 3.59. The van der Waals surface area contributed by atoms with Crippen LogP contribution in [0.2, 0.25) is 0 Å². The van der Waals surface area contributed by atoms with Crippen LogP contribution < -0.4 is 10.2 Å². The van der Waals surface area contributed by atoms with Crippen LogP contribution in [0, 0.1) is 0 Å². The topological polar surface area (TPSA) is 37.4 Å². The molecule has 1 aliphatic heterocycles. The van der Waals surface area contributed by atoms with Gasteiger partial charge in [0.25, 0.3) is 0 Å². The van der Waals surface area contributed by atoms with Crippen LogP contribution in [0.25, 0.3) is 0 Å². The predicted octanol–water partition coefficient (Wildman–Crippen LogP) is 3.05. The summed E-state index contributed by atoms with van der Waals surface area (Å²) < 4.78 is 5.88. The molecule has 1 N–H and O–H groups in total. The van der Waals surface area contributed by atoms with Crippen molar-refractivity contribution in [1.29, 1.82) is 0 Å². The number of hydrogen-bond donors (Lipinski definition) is 1. The Morgan fingerprint density at radius 1 is 1.30 bits per heavy atom. The third-order valence-electron chi connectivity index (χ3n) is 4.01. The molecule has 1 aromatic rings. The summed E-state index contributed by atoms with van der Waals surface area (Å²) in [5, 5.41) is 3.45. The lowest BCUT2D eigenvalue weighted by molar-refractivity contribution is 0.0253. The summed E-state index contributed by atoms with van der Waals surface area (Å²) in [4.78, 5) is 7.24. The normalized spacial score (nSPS) is 26.4. The van der Waals surface area contributed by atoms with Crippen molar-refractivity contribution >= 4 is 11.6 Å². The van der Waals surface area contributed by atoms with Crippen LogP contribution in [0.5, 0.6) is 0 Å². The number of nitrogens with zero attached hydrogens (tertiary/aromatic N) is 2. The standard InChI is InChI=1S/C16H25N3O/c1-16(2,3)18-14-8-5-9-15(17-14)19-10-11-20-13-7-4-6-12(13)19/h5,8-9,12-13H,4,6-7,10-11H2,1-3H3,(H,17,18). The van der Waals surface area contributed by atoms with Gasteiger partial charge in [0.15, 0.2) is 0 Å².